The fourth-order valence-corrected chi connectivity index (χ4v) is 5.27. The number of ether oxygens (including phenoxy) is 1. The summed E-state index contributed by atoms with van der Waals surface area (Å²) in [6.07, 6.45) is 4.68. The van der Waals surface area contributed by atoms with Crippen LogP contribution in [0.5, 0.6) is 5.75 Å². The number of para-hydroxylation sites is 1. The van der Waals surface area contributed by atoms with Crippen LogP contribution < -0.4 is 10.1 Å². The summed E-state index contributed by atoms with van der Waals surface area (Å²) in [4.78, 5) is 17.1. The van der Waals surface area contributed by atoms with Gasteiger partial charge in [-0.05, 0) is 67.6 Å². The van der Waals surface area contributed by atoms with Gasteiger partial charge in [0.15, 0.2) is 0 Å². The highest BCUT2D eigenvalue weighted by molar-refractivity contribution is 7.08. The molecule has 0 saturated carbocycles. The molecule has 0 unspecified atom stereocenters. The molecule has 1 N–H and O–H groups in total. The Morgan fingerprint density at radius 1 is 1.10 bits per heavy atom. The van der Waals surface area contributed by atoms with E-state index in [2.05, 4.69) is 48.3 Å². The number of amides is 2. The average molecular weight is 442 g/mol. The normalized spacial score (nSPS) is 19.0. The molecule has 3 heterocycles. The van der Waals surface area contributed by atoms with Crippen LogP contribution in [0.3, 0.4) is 0 Å². The van der Waals surface area contributed by atoms with E-state index in [1.165, 1.54) is 18.4 Å². The third kappa shape index (κ3) is 5.80. The molecule has 31 heavy (non-hydrogen) atoms. The van der Waals surface area contributed by atoms with Gasteiger partial charge in [-0.25, -0.2) is 4.79 Å². The zero-order valence-corrected chi connectivity index (χ0v) is 19.6. The zero-order valence-electron chi connectivity index (χ0n) is 18.8. The summed E-state index contributed by atoms with van der Waals surface area (Å²) in [6, 6.07) is 10.5. The minimum atomic E-state index is 0.0451. The molecule has 2 aliphatic rings. The maximum absolute atomic E-state index is 12.5. The van der Waals surface area contributed by atoms with Crippen molar-refractivity contribution in [1.29, 1.82) is 0 Å². The van der Waals surface area contributed by atoms with E-state index < -0.39 is 0 Å². The minimum absolute atomic E-state index is 0.0451. The van der Waals surface area contributed by atoms with Gasteiger partial charge >= 0.3 is 6.03 Å². The van der Waals surface area contributed by atoms with E-state index in [-0.39, 0.29) is 6.03 Å². The highest BCUT2D eigenvalue weighted by atomic mass is 32.1. The summed E-state index contributed by atoms with van der Waals surface area (Å²) in [7, 11) is 0. The number of urea groups is 1. The second-order valence-electron chi connectivity index (χ2n) is 9.52. The summed E-state index contributed by atoms with van der Waals surface area (Å²) in [5.74, 6) is 1.56. The van der Waals surface area contributed by atoms with Crippen molar-refractivity contribution in [3.05, 3.63) is 46.7 Å². The molecule has 0 bridgehead atoms. The molecule has 5 nitrogen and oxygen atoms in total. The van der Waals surface area contributed by atoms with Crippen LogP contribution in [-0.2, 0) is 6.54 Å². The molecule has 168 valence electrons. The van der Waals surface area contributed by atoms with E-state index in [1.807, 2.05) is 21.7 Å². The van der Waals surface area contributed by atoms with Crippen LogP contribution in [0.4, 0.5) is 10.5 Å². The molecule has 1 aromatic heterocycles. The summed E-state index contributed by atoms with van der Waals surface area (Å²) < 4.78 is 6.05. The predicted octanol–water partition coefficient (Wildman–Crippen LogP) is 5.69. The molecule has 1 aromatic carbocycles. The molecule has 6 heteroatoms. The number of piperidine rings is 2. The number of rotatable bonds is 6. The van der Waals surface area contributed by atoms with Crippen LogP contribution in [0.2, 0.25) is 0 Å². The van der Waals surface area contributed by atoms with E-state index >= 15 is 0 Å². The number of anilines is 1. The van der Waals surface area contributed by atoms with E-state index in [1.54, 1.807) is 11.3 Å². The number of thiophene rings is 1. The quantitative estimate of drug-likeness (QED) is 0.626. The number of hydrogen-bond donors (Lipinski definition) is 1. The van der Waals surface area contributed by atoms with E-state index in [9.17, 15) is 4.79 Å². The molecule has 1 spiro atoms. The first kappa shape index (κ1) is 22.2. The van der Waals surface area contributed by atoms with Gasteiger partial charge < -0.3 is 15.0 Å². The first-order valence-corrected chi connectivity index (χ1v) is 12.5. The lowest BCUT2D eigenvalue weighted by Crippen LogP contribution is -2.49. The van der Waals surface area contributed by atoms with Crippen LogP contribution in [-0.4, -0.2) is 48.6 Å². The minimum Gasteiger partial charge on any atom is -0.493 e. The van der Waals surface area contributed by atoms with Crippen molar-refractivity contribution in [1.82, 2.24) is 9.80 Å². The van der Waals surface area contributed by atoms with Crippen molar-refractivity contribution in [2.24, 2.45) is 11.3 Å². The SMILES string of the molecule is CC(C)COc1ccccc1CN1CCC2(CC1)CCN(C(=O)Nc1ccsc1)CC2. The van der Waals surface area contributed by atoms with Gasteiger partial charge in [-0.15, -0.1) is 0 Å². The highest BCUT2D eigenvalue weighted by Gasteiger charge is 2.38. The summed E-state index contributed by atoms with van der Waals surface area (Å²) in [5, 5.41) is 6.98. The van der Waals surface area contributed by atoms with Crippen LogP contribution in [0.25, 0.3) is 0 Å². The topological polar surface area (TPSA) is 44.8 Å². The van der Waals surface area contributed by atoms with Crippen molar-refractivity contribution >= 4 is 23.1 Å². The van der Waals surface area contributed by atoms with Gasteiger partial charge in [-0.1, -0.05) is 32.0 Å². The Morgan fingerprint density at radius 3 is 2.48 bits per heavy atom. The Morgan fingerprint density at radius 2 is 1.81 bits per heavy atom. The molecule has 2 aliphatic heterocycles. The first-order valence-electron chi connectivity index (χ1n) is 11.5. The maximum Gasteiger partial charge on any atom is 0.321 e. The zero-order chi connectivity index (χ0) is 21.7. The largest absolute Gasteiger partial charge is 0.493 e. The van der Waals surface area contributed by atoms with Crippen LogP contribution in [0, 0.1) is 11.3 Å². The van der Waals surface area contributed by atoms with Crippen molar-refractivity contribution < 1.29 is 9.53 Å². The Balaban J connectivity index is 1.25. The Labute approximate surface area is 190 Å². The number of nitrogens with zero attached hydrogens (tertiary/aromatic N) is 2. The van der Waals surface area contributed by atoms with E-state index in [4.69, 9.17) is 4.74 Å². The van der Waals surface area contributed by atoms with Gasteiger partial charge in [0, 0.05) is 30.6 Å². The van der Waals surface area contributed by atoms with Gasteiger partial charge in [0.1, 0.15) is 5.75 Å². The lowest BCUT2D eigenvalue weighted by molar-refractivity contribution is 0.0439. The smallest absolute Gasteiger partial charge is 0.321 e. The maximum atomic E-state index is 12.5. The molecule has 4 rings (SSSR count). The first-order chi connectivity index (χ1) is 15.0. The summed E-state index contributed by atoms with van der Waals surface area (Å²) >= 11 is 1.61. The lowest BCUT2D eigenvalue weighted by atomic mass is 9.71. The third-order valence-electron chi connectivity index (χ3n) is 6.74. The van der Waals surface area contributed by atoms with E-state index in [0.29, 0.717) is 11.3 Å². The molecule has 2 saturated heterocycles. The molecule has 2 aromatic rings. The second-order valence-corrected chi connectivity index (χ2v) is 10.3. The van der Waals surface area contributed by atoms with Crippen molar-refractivity contribution in [2.45, 2.75) is 46.1 Å². The fraction of sp³-hybridized carbons (Fsp3) is 0.560. The molecule has 0 atom stereocenters. The monoisotopic (exact) mass is 441 g/mol. The van der Waals surface area contributed by atoms with E-state index in [0.717, 1.165) is 63.6 Å². The van der Waals surface area contributed by atoms with Gasteiger partial charge in [-0.2, -0.15) is 11.3 Å². The van der Waals surface area contributed by atoms with Crippen LogP contribution >= 0.6 is 11.3 Å². The standard InChI is InChI=1S/C25H35N3O2S/c1-20(2)18-30-23-6-4-3-5-21(23)17-27-12-8-25(9-13-27)10-14-28(15-11-25)24(29)26-22-7-16-31-19-22/h3-7,16,19-20H,8-15,17-18H2,1-2H3,(H,26,29). The Kier molecular flexibility index (Phi) is 7.18. The number of hydrogen-bond acceptors (Lipinski definition) is 4. The summed E-state index contributed by atoms with van der Waals surface area (Å²) in [5.41, 5.74) is 2.60. The number of benzene rings is 1. The molecule has 2 fully saturated rings. The predicted molar refractivity (Wildman–Crippen MR) is 128 cm³/mol. The number of nitrogens with one attached hydrogen (secondary N) is 1. The third-order valence-corrected chi connectivity index (χ3v) is 7.42. The molecular formula is C25H35N3O2S. The van der Waals surface area contributed by atoms with Gasteiger partial charge in [0.2, 0.25) is 0 Å². The average Bonchev–Trinajstić information content (AvgIpc) is 3.28. The van der Waals surface area contributed by atoms with Crippen LogP contribution in [0.1, 0.15) is 45.1 Å². The number of carbonyl (C=O) groups is 1. The second kappa shape index (κ2) is 10.0. The van der Waals surface area contributed by atoms with Gasteiger partial charge in [-0.3, -0.25) is 4.90 Å². The fourth-order valence-electron chi connectivity index (χ4n) is 4.68. The van der Waals surface area contributed by atoms with Gasteiger partial charge in [0.05, 0.1) is 12.3 Å². The highest BCUT2D eigenvalue weighted by Crippen LogP contribution is 2.41. The van der Waals surface area contributed by atoms with Crippen molar-refractivity contribution in [3.63, 3.8) is 0 Å². The molecule has 0 radical (unpaired) electrons. The van der Waals surface area contributed by atoms with Gasteiger partial charge in [0.25, 0.3) is 0 Å². The Hall–Kier alpha value is -2.05. The molecule has 2 amide bonds. The number of likely N-dealkylation sites (tertiary alicyclic amines) is 2. The Bertz CT molecular complexity index is 834. The van der Waals surface area contributed by atoms with Crippen LogP contribution in [0.15, 0.2) is 41.1 Å². The summed E-state index contributed by atoms with van der Waals surface area (Å²) in [6.45, 7) is 10.1. The van der Waals surface area contributed by atoms with Crippen molar-refractivity contribution in [2.75, 3.05) is 38.1 Å². The number of carbonyl (C=O) groups excluding carboxylic acids is 1. The molecular weight excluding hydrogens is 406 g/mol. The van der Waals surface area contributed by atoms with Crippen molar-refractivity contribution in [3.8, 4) is 5.75 Å². The lowest BCUT2D eigenvalue weighted by Gasteiger charge is -2.46. The molecule has 0 aliphatic carbocycles.